The molecule has 2 fully saturated rings. The maximum atomic E-state index is 11.2. The summed E-state index contributed by atoms with van der Waals surface area (Å²) in [6, 6.07) is 0. The molecule has 1 unspecified atom stereocenters. The van der Waals surface area contributed by atoms with Crippen molar-refractivity contribution in [2.75, 3.05) is 0 Å². The molecule has 0 spiro atoms. The van der Waals surface area contributed by atoms with Gasteiger partial charge in [0.2, 0.25) is 5.91 Å². The van der Waals surface area contributed by atoms with Crippen molar-refractivity contribution in [3.8, 4) is 0 Å². The van der Waals surface area contributed by atoms with Gasteiger partial charge < -0.3 is 5.32 Å². The van der Waals surface area contributed by atoms with Crippen molar-refractivity contribution < 1.29 is 4.79 Å². The Labute approximate surface area is 92.8 Å². The molecule has 2 aliphatic rings. The fourth-order valence-corrected chi connectivity index (χ4v) is 3.17. The molecule has 1 saturated carbocycles. The van der Waals surface area contributed by atoms with Crippen LogP contribution >= 0.6 is 0 Å². The molecule has 0 bridgehead atoms. The van der Waals surface area contributed by atoms with Gasteiger partial charge in [0.05, 0.1) is 0 Å². The van der Waals surface area contributed by atoms with Gasteiger partial charge in [-0.25, -0.2) is 0 Å². The molecule has 0 radical (unpaired) electrons. The van der Waals surface area contributed by atoms with Crippen molar-refractivity contribution in [1.82, 2.24) is 5.32 Å². The summed E-state index contributed by atoms with van der Waals surface area (Å²) in [6.45, 7) is 4.57. The first kappa shape index (κ1) is 11.0. The van der Waals surface area contributed by atoms with E-state index in [0.717, 1.165) is 24.7 Å². The highest BCUT2D eigenvalue weighted by molar-refractivity contribution is 5.79. The molecule has 1 aliphatic carbocycles. The number of carbonyl (C=O) groups is 1. The van der Waals surface area contributed by atoms with Gasteiger partial charge in [-0.3, -0.25) is 4.79 Å². The first-order valence-electron chi connectivity index (χ1n) is 6.38. The molecular formula is C13H23NO. The number of hydrogen-bond donors (Lipinski definition) is 1. The Bertz CT molecular complexity index is 243. The molecule has 0 aromatic heterocycles. The van der Waals surface area contributed by atoms with Crippen LogP contribution in [0.1, 0.15) is 58.8 Å². The lowest BCUT2D eigenvalue weighted by Crippen LogP contribution is -2.40. The number of carbonyl (C=O) groups excluding carboxylic acids is 1. The van der Waals surface area contributed by atoms with Gasteiger partial charge in [-0.2, -0.15) is 0 Å². The summed E-state index contributed by atoms with van der Waals surface area (Å²) in [6.07, 6.45) is 8.48. The highest BCUT2D eigenvalue weighted by Crippen LogP contribution is 2.36. The maximum Gasteiger partial charge on any atom is 0.220 e. The Morgan fingerprint density at radius 2 is 2.00 bits per heavy atom. The Balaban J connectivity index is 1.84. The van der Waals surface area contributed by atoms with Crippen LogP contribution in [0.25, 0.3) is 0 Å². The summed E-state index contributed by atoms with van der Waals surface area (Å²) < 4.78 is 0. The fraction of sp³-hybridized carbons (Fsp3) is 0.923. The van der Waals surface area contributed by atoms with E-state index in [2.05, 4.69) is 19.2 Å². The van der Waals surface area contributed by atoms with E-state index in [1.807, 2.05) is 0 Å². The van der Waals surface area contributed by atoms with Crippen LogP contribution in [0.3, 0.4) is 0 Å². The molecular weight excluding hydrogens is 186 g/mol. The van der Waals surface area contributed by atoms with Gasteiger partial charge in [-0.15, -0.1) is 0 Å². The van der Waals surface area contributed by atoms with Crippen molar-refractivity contribution in [2.24, 2.45) is 11.8 Å². The monoisotopic (exact) mass is 209 g/mol. The molecule has 15 heavy (non-hydrogen) atoms. The number of amides is 1. The van der Waals surface area contributed by atoms with Crippen LogP contribution < -0.4 is 5.32 Å². The number of hydrogen-bond acceptors (Lipinski definition) is 1. The van der Waals surface area contributed by atoms with Gasteiger partial charge in [0.1, 0.15) is 0 Å². The lowest BCUT2D eigenvalue weighted by Gasteiger charge is -2.33. The van der Waals surface area contributed by atoms with Gasteiger partial charge >= 0.3 is 0 Å². The Morgan fingerprint density at radius 3 is 2.53 bits per heavy atom. The third kappa shape index (κ3) is 2.73. The largest absolute Gasteiger partial charge is 0.351 e. The zero-order valence-electron chi connectivity index (χ0n) is 10.0. The lowest BCUT2D eigenvalue weighted by molar-refractivity contribution is -0.119. The number of nitrogens with one attached hydrogen (secondary N) is 1. The van der Waals surface area contributed by atoms with E-state index in [1.165, 1.54) is 32.1 Å². The van der Waals surface area contributed by atoms with Gasteiger partial charge in [0.15, 0.2) is 0 Å². The molecule has 1 aliphatic heterocycles. The van der Waals surface area contributed by atoms with Crippen LogP contribution in [0.15, 0.2) is 0 Å². The topological polar surface area (TPSA) is 29.1 Å². The zero-order chi connectivity index (χ0) is 10.9. The molecule has 1 N–H and O–H groups in total. The van der Waals surface area contributed by atoms with Crippen molar-refractivity contribution in [2.45, 2.75) is 64.3 Å². The average Bonchev–Trinajstić information content (AvgIpc) is 2.50. The standard InChI is InChI=1S/C13H23NO/c1-10-3-5-11(6-4-10)9-13(2)8-7-12(15)14-13/h10-11H,3-9H2,1-2H3,(H,14,15). The number of rotatable bonds is 2. The fourth-order valence-electron chi connectivity index (χ4n) is 3.17. The zero-order valence-corrected chi connectivity index (χ0v) is 10.0. The normalized spacial score (nSPS) is 41.6. The van der Waals surface area contributed by atoms with Crippen molar-refractivity contribution in [3.05, 3.63) is 0 Å². The van der Waals surface area contributed by atoms with Gasteiger partial charge in [-0.1, -0.05) is 32.6 Å². The molecule has 1 amide bonds. The average molecular weight is 209 g/mol. The Morgan fingerprint density at radius 1 is 1.33 bits per heavy atom. The highest BCUT2D eigenvalue weighted by atomic mass is 16.2. The molecule has 0 aromatic rings. The SMILES string of the molecule is CC1CCC(CC2(C)CCC(=O)N2)CC1. The molecule has 0 aromatic carbocycles. The van der Waals surface area contributed by atoms with Crippen LogP contribution in [0.2, 0.25) is 0 Å². The molecule has 1 heterocycles. The first-order valence-corrected chi connectivity index (χ1v) is 6.38. The van der Waals surface area contributed by atoms with E-state index in [9.17, 15) is 4.79 Å². The van der Waals surface area contributed by atoms with Crippen LogP contribution in [0.4, 0.5) is 0 Å². The van der Waals surface area contributed by atoms with E-state index in [0.29, 0.717) is 0 Å². The summed E-state index contributed by atoms with van der Waals surface area (Å²) in [7, 11) is 0. The predicted molar refractivity (Wildman–Crippen MR) is 61.5 cm³/mol. The molecule has 1 atom stereocenters. The highest BCUT2D eigenvalue weighted by Gasteiger charge is 2.35. The van der Waals surface area contributed by atoms with E-state index >= 15 is 0 Å². The third-order valence-electron chi connectivity index (χ3n) is 4.22. The maximum absolute atomic E-state index is 11.2. The lowest BCUT2D eigenvalue weighted by atomic mass is 9.76. The minimum absolute atomic E-state index is 0.113. The Kier molecular flexibility index (Phi) is 3.03. The third-order valence-corrected chi connectivity index (χ3v) is 4.22. The summed E-state index contributed by atoms with van der Waals surface area (Å²) >= 11 is 0. The van der Waals surface area contributed by atoms with Crippen molar-refractivity contribution >= 4 is 5.91 Å². The van der Waals surface area contributed by atoms with Crippen molar-refractivity contribution in [1.29, 1.82) is 0 Å². The minimum Gasteiger partial charge on any atom is -0.351 e. The van der Waals surface area contributed by atoms with E-state index < -0.39 is 0 Å². The first-order chi connectivity index (χ1) is 7.07. The van der Waals surface area contributed by atoms with E-state index in [-0.39, 0.29) is 11.4 Å². The summed E-state index contributed by atoms with van der Waals surface area (Å²) in [5.41, 5.74) is 0.113. The molecule has 86 valence electrons. The molecule has 2 rings (SSSR count). The van der Waals surface area contributed by atoms with Gasteiger partial charge in [-0.05, 0) is 31.6 Å². The van der Waals surface area contributed by atoms with Crippen molar-refractivity contribution in [3.63, 3.8) is 0 Å². The summed E-state index contributed by atoms with van der Waals surface area (Å²) in [4.78, 5) is 11.2. The summed E-state index contributed by atoms with van der Waals surface area (Å²) in [5, 5.41) is 3.15. The molecule has 2 heteroatoms. The second-order valence-electron chi connectivity index (χ2n) is 5.94. The quantitative estimate of drug-likeness (QED) is 0.744. The van der Waals surface area contributed by atoms with Crippen LogP contribution in [-0.4, -0.2) is 11.4 Å². The predicted octanol–water partition coefficient (Wildman–Crippen LogP) is 2.87. The Hall–Kier alpha value is -0.530. The second kappa shape index (κ2) is 4.15. The minimum atomic E-state index is 0.113. The second-order valence-corrected chi connectivity index (χ2v) is 5.94. The molecule has 1 saturated heterocycles. The van der Waals surface area contributed by atoms with Gasteiger partial charge in [0, 0.05) is 12.0 Å². The summed E-state index contributed by atoms with van der Waals surface area (Å²) in [5.74, 6) is 2.03. The molecule has 2 nitrogen and oxygen atoms in total. The van der Waals surface area contributed by atoms with E-state index in [4.69, 9.17) is 0 Å². The van der Waals surface area contributed by atoms with Gasteiger partial charge in [0.25, 0.3) is 0 Å². The van der Waals surface area contributed by atoms with E-state index in [1.54, 1.807) is 0 Å². The smallest absolute Gasteiger partial charge is 0.220 e. The van der Waals surface area contributed by atoms with Crippen LogP contribution in [0, 0.1) is 11.8 Å². The van der Waals surface area contributed by atoms with Crippen LogP contribution in [-0.2, 0) is 4.79 Å². The van der Waals surface area contributed by atoms with Crippen LogP contribution in [0.5, 0.6) is 0 Å².